The first-order chi connectivity index (χ1) is 57.3. The topological polar surface area (TPSA) is 305 Å². The summed E-state index contributed by atoms with van der Waals surface area (Å²) in [5, 5.41) is 9.22. The number of halogens is 36. The Morgan fingerprint density at radius 3 is 0.432 bits per heavy atom. The average molecular weight is 1940 g/mol. The largest absolute Gasteiger partial charge is 0.435 e. The number of amides is 6. The van der Waals surface area contributed by atoms with Crippen LogP contribution in [0.1, 0.15) is 19.3 Å². The van der Waals surface area contributed by atoms with Crippen molar-refractivity contribution in [3.63, 3.8) is 0 Å². The monoisotopic (exact) mass is 1930 g/mol. The summed E-state index contributed by atoms with van der Waals surface area (Å²) in [6, 6.07) is 0. The molecule has 6 amide bonds. The second-order valence-corrected chi connectivity index (χ2v) is 24.2. The molecule has 0 aliphatic rings. The number of hydrogen-bond acceptors (Lipinski definition) is 22. The highest BCUT2D eigenvalue weighted by molar-refractivity contribution is 5.91. The zero-order valence-corrected chi connectivity index (χ0v) is 64.1. The maximum Gasteiger partial charge on any atom is 0.435 e. The number of nitrogens with one attached hydrogen (secondary N) is 4. The van der Waals surface area contributed by atoms with Crippen LogP contribution in [0.15, 0.2) is 0 Å². The molecule has 0 saturated heterocycles. The van der Waals surface area contributed by atoms with Crippen LogP contribution in [0.25, 0.3) is 0 Å². The lowest BCUT2D eigenvalue weighted by Gasteiger charge is -2.37. The van der Waals surface area contributed by atoms with Crippen molar-refractivity contribution >= 4 is 35.4 Å². The second-order valence-electron chi connectivity index (χ2n) is 24.2. The smallest absolute Gasteiger partial charge is 0.377 e. The summed E-state index contributed by atoms with van der Waals surface area (Å²) in [7, 11) is 0. The van der Waals surface area contributed by atoms with E-state index in [0.717, 1.165) is 0 Å². The van der Waals surface area contributed by atoms with Crippen LogP contribution in [0.3, 0.4) is 0 Å². The van der Waals surface area contributed by atoms with Crippen LogP contribution >= 0.6 is 0 Å². The summed E-state index contributed by atoms with van der Waals surface area (Å²) < 4.78 is 542. The van der Waals surface area contributed by atoms with E-state index in [9.17, 15) is 187 Å². The van der Waals surface area contributed by atoms with Gasteiger partial charge in [-0.25, -0.2) is 0 Å². The highest BCUT2D eigenvalue weighted by atomic mass is 19.5. The van der Waals surface area contributed by atoms with Gasteiger partial charge in [-0.05, 0) is 6.42 Å². The van der Waals surface area contributed by atoms with Gasteiger partial charge in [-0.1, -0.05) is 0 Å². The first-order valence-corrected chi connectivity index (χ1v) is 35.2. The predicted octanol–water partition coefficient (Wildman–Crippen LogP) is 8.25. The molecule has 0 aromatic carbocycles. The molecule has 0 radical (unpaired) electrons. The van der Waals surface area contributed by atoms with Crippen molar-refractivity contribution in [2.75, 3.05) is 237 Å². The Bertz CT molecular complexity index is 2550. The summed E-state index contributed by atoms with van der Waals surface area (Å²) in [6.07, 6.45) is -85.8. The molecule has 4 N–H and O–H groups in total. The van der Waals surface area contributed by atoms with Gasteiger partial charge in [0.1, 0.15) is 26.2 Å². The Morgan fingerprint density at radius 2 is 0.304 bits per heavy atom. The molecule has 0 rings (SSSR count). The lowest BCUT2D eigenvalue weighted by atomic mass is 10.0. The summed E-state index contributed by atoms with van der Waals surface area (Å²) in [5.74, 6) is -6.09. The number of hydrogen-bond donors (Lipinski definition) is 4. The van der Waals surface area contributed by atoms with E-state index in [1.165, 1.54) is 0 Å². The van der Waals surface area contributed by atoms with Crippen LogP contribution < -0.4 is 21.3 Å². The van der Waals surface area contributed by atoms with E-state index in [0.29, 0.717) is 9.80 Å². The summed E-state index contributed by atoms with van der Waals surface area (Å²) in [5.41, 5.74) is -26.1. The van der Waals surface area contributed by atoms with E-state index in [-0.39, 0.29) is 105 Å². The third-order valence-corrected chi connectivity index (χ3v) is 15.1. The molecule has 0 unspecified atom stereocenters. The minimum absolute atomic E-state index is 0.306. The number of ether oxygens (including phenoxy) is 16. The molecule has 0 atom stereocenters. The van der Waals surface area contributed by atoms with Gasteiger partial charge >= 0.3 is 96.5 Å². The highest BCUT2D eigenvalue weighted by Gasteiger charge is 2.89. The van der Waals surface area contributed by atoms with E-state index in [1.54, 1.807) is 0 Å². The molecule has 0 bridgehead atoms. The zero-order chi connectivity index (χ0) is 96.3. The molecule has 64 heteroatoms. The van der Waals surface area contributed by atoms with E-state index in [1.807, 2.05) is 0 Å². The van der Waals surface area contributed by atoms with Crippen molar-refractivity contribution in [3.05, 3.63) is 0 Å². The van der Waals surface area contributed by atoms with Crippen LogP contribution in [-0.2, 0) is 105 Å². The van der Waals surface area contributed by atoms with Crippen LogP contribution in [0.5, 0.6) is 0 Å². The second kappa shape index (κ2) is 53.7. The third kappa shape index (κ3) is 39.5. The Hall–Kier alpha value is -6.34. The van der Waals surface area contributed by atoms with Crippen LogP contribution in [0.4, 0.5) is 158 Å². The number of alkyl halides is 36. The number of rotatable bonds is 64. The molecule has 740 valence electrons. The maximum absolute atomic E-state index is 13.7. The first kappa shape index (κ1) is 119. The molecular weight excluding hydrogens is 1850 g/mol. The van der Waals surface area contributed by atoms with Crippen molar-refractivity contribution in [3.8, 4) is 0 Å². The van der Waals surface area contributed by atoms with E-state index < -0.39 is 283 Å². The van der Waals surface area contributed by atoms with Crippen molar-refractivity contribution < 1.29 is 263 Å². The number of carbonyl (C=O) groups is 6. The summed E-state index contributed by atoms with van der Waals surface area (Å²) >= 11 is 0. The number of nitrogens with zero attached hydrogens (tertiary/aromatic N) is 2. The molecule has 0 aromatic rings. The lowest BCUT2D eigenvalue weighted by Crippen LogP contribution is -2.68. The van der Waals surface area contributed by atoms with E-state index in [2.05, 4.69) is 59.2 Å². The van der Waals surface area contributed by atoms with Crippen molar-refractivity contribution in [2.24, 2.45) is 0 Å². The first-order valence-electron chi connectivity index (χ1n) is 35.2. The van der Waals surface area contributed by atoms with Gasteiger partial charge in [-0.15, -0.1) is 0 Å². The van der Waals surface area contributed by atoms with Crippen molar-refractivity contribution in [2.45, 2.75) is 116 Å². The molecule has 0 heterocycles. The van der Waals surface area contributed by atoms with Crippen molar-refractivity contribution in [1.82, 2.24) is 31.1 Å². The number of carbonyl (C=O) groups excluding carboxylic acids is 6. The molecular formula is C61H82F36N6O22. The van der Waals surface area contributed by atoms with E-state index in [4.69, 9.17) is 37.9 Å². The molecule has 0 aliphatic carbocycles. The molecule has 0 aromatic heterocycles. The molecule has 0 spiro atoms. The maximum atomic E-state index is 13.7. The van der Waals surface area contributed by atoms with Gasteiger partial charge < -0.3 is 107 Å². The quantitative estimate of drug-likeness (QED) is 0.0329. The van der Waals surface area contributed by atoms with Gasteiger partial charge in [-0.3, -0.25) is 28.8 Å². The normalized spacial score (nSPS) is 13.8. The van der Waals surface area contributed by atoms with Gasteiger partial charge in [0, 0.05) is 39.0 Å². The SMILES string of the molecule is O=C(CN(CC(=O)NCCOCCOCCOCCOC(C(F)(F)F)(C(F)(F)F)C(F)(F)F)C(=O)CCCC(=O)N(CC(=O)NCCOCCOCCOCCOC(C(F)(F)F)(C(F)(F)F)C(F)(F)F)CC(=O)NCCOCCOCCOCCOC(C(F)(F)F)(C(F)(F)F)C(F)(F)F)NCCOCCOCCOCCOC(C(F)(F)F)(C(F)(F)F)C(F)(F)F. The predicted molar refractivity (Wildman–Crippen MR) is 336 cm³/mol. The zero-order valence-electron chi connectivity index (χ0n) is 64.1. The minimum Gasteiger partial charge on any atom is -0.377 e. The fourth-order valence-electron chi connectivity index (χ4n) is 9.23. The summed E-state index contributed by atoms with van der Waals surface area (Å²) in [6.45, 7) is -25.6. The van der Waals surface area contributed by atoms with Crippen LogP contribution in [-0.4, -0.2) is 379 Å². The highest BCUT2D eigenvalue weighted by Crippen LogP contribution is 2.59. The van der Waals surface area contributed by atoms with Gasteiger partial charge in [0.2, 0.25) is 35.4 Å². The van der Waals surface area contributed by atoms with Gasteiger partial charge in [0.25, 0.3) is 0 Å². The Kier molecular flexibility index (Phi) is 51.0. The fourth-order valence-corrected chi connectivity index (χ4v) is 9.23. The molecule has 28 nitrogen and oxygen atoms in total. The summed E-state index contributed by atoms with van der Waals surface area (Å²) in [4.78, 5) is 81.0. The standard InChI is InChI=1S/C61H82F36N6O22/c62-50(63,64)46(51(65,66)67,52(68,69)70)122-32-28-118-24-20-114-16-12-110-8-4-98-40(104)36-102(37-41(105)99-5-9-111-13-17-115-21-25-119-29-33-123-47(53(71,72)73,54(74,75)76)55(77,78)79)44(108)2-1-3-45(109)103(38-42(106)100-6-10-112-14-18-116-22-26-120-30-34-124-48(56(80,81)82,57(83,84)85)58(86,87)88)39-43(107)101-7-11-113-15-19-117-23-27-121-31-35-125-49(59(89,90)91,60(92,93)94)61(95,96)97/h1-39H2,(H,98,104)(H,99,105)(H,100,106)(H,101,107). The fraction of sp³-hybridized carbons (Fsp3) is 0.902. The Labute approximate surface area is 681 Å². The Morgan fingerprint density at radius 1 is 0.184 bits per heavy atom. The Balaban J connectivity index is 6.02. The van der Waals surface area contributed by atoms with Gasteiger partial charge in [0.15, 0.2) is 0 Å². The molecule has 0 aliphatic heterocycles. The van der Waals surface area contributed by atoms with Crippen LogP contribution in [0, 0.1) is 0 Å². The van der Waals surface area contributed by atoms with Crippen molar-refractivity contribution in [1.29, 1.82) is 0 Å². The van der Waals surface area contributed by atoms with Gasteiger partial charge in [0.05, 0.1) is 185 Å². The van der Waals surface area contributed by atoms with Gasteiger partial charge in [-0.2, -0.15) is 158 Å². The van der Waals surface area contributed by atoms with Crippen LogP contribution in [0.2, 0.25) is 0 Å². The minimum atomic E-state index is -6.99. The third-order valence-electron chi connectivity index (χ3n) is 15.1. The molecule has 0 fully saturated rings. The lowest BCUT2D eigenvalue weighted by molar-refractivity contribution is -0.459. The molecule has 0 saturated carbocycles. The van der Waals surface area contributed by atoms with E-state index >= 15 is 0 Å². The average Bonchev–Trinajstić information content (AvgIpc) is 0.747. The molecule has 125 heavy (non-hydrogen) atoms.